The molecule has 2 aromatic carbocycles. The van der Waals surface area contributed by atoms with E-state index in [0.717, 1.165) is 5.46 Å². The minimum atomic E-state index is -4.79. The maximum atomic E-state index is 13.9. The second-order valence-corrected chi connectivity index (χ2v) is 10.0. The van der Waals surface area contributed by atoms with Gasteiger partial charge in [0.1, 0.15) is 10.7 Å². The SMILES string of the molecule is CC1(C)OB(c2ccc(CNS(=O)(=O)c3cc(C(F)(F)F)ccc3F)cc2)OC1(C)C. The highest BCUT2D eigenvalue weighted by atomic mass is 32.2. The summed E-state index contributed by atoms with van der Waals surface area (Å²) in [5.74, 6) is -1.27. The Morgan fingerprint density at radius 1 is 0.968 bits per heavy atom. The zero-order valence-electron chi connectivity index (χ0n) is 17.4. The van der Waals surface area contributed by atoms with Crippen LogP contribution in [-0.4, -0.2) is 26.7 Å². The smallest absolute Gasteiger partial charge is 0.399 e. The molecule has 1 N–H and O–H groups in total. The standard InChI is InChI=1S/C20H22BF4NO4S/c1-18(2)19(3,4)30-21(29-18)15-8-5-13(6-9-15)12-26-31(27,28)17-11-14(20(23,24)25)7-10-16(17)22/h5-11,26H,12H2,1-4H3. The van der Waals surface area contributed by atoms with Gasteiger partial charge in [0.15, 0.2) is 0 Å². The number of sulfonamides is 1. The summed E-state index contributed by atoms with van der Waals surface area (Å²) in [5.41, 5.74) is -1.02. The van der Waals surface area contributed by atoms with Crippen LogP contribution in [0.15, 0.2) is 47.4 Å². The zero-order chi connectivity index (χ0) is 23.2. The Bertz CT molecular complexity index is 1050. The molecule has 2 aromatic rings. The summed E-state index contributed by atoms with van der Waals surface area (Å²) in [5, 5.41) is 0. The Morgan fingerprint density at radius 2 is 1.52 bits per heavy atom. The van der Waals surface area contributed by atoms with Crippen molar-refractivity contribution in [2.45, 2.75) is 56.5 Å². The van der Waals surface area contributed by atoms with Gasteiger partial charge in [-0.05, 0) is 56.9 Å². The molecule has 1 saturated heterocycles. The van der Waals surface area contributed by atoms with Gasteiger partial charge in [-0.15, -0.1) is 0 Å². The van der Waals surface area contributed by atoms with Gasteiger partial charge in [0.2, 0.25) is 10.0 Å². The molecule has 31 heavy (non-hydrogen) atoms. The molecule has 0 unspecified atom stereocenters. The zero-order valence-corrected chi connectivity index (χ0v) is 18.2. The molecule has 0 amide bonds. The van der Waals surface area contributed by atoms with Crippen LogP contribution in [0.4, 0.5) is 17.6 Å². The van der Waals surface area contributed by atoms with E-state index in [1.165, 1.54) is 0 Å². The van der Waals surface area contributed by atoms with Crippen molar-refractivity contribution in [1.82, 2.24) is 4.72 Å². The molecular weight excluding hydrogens is 437 g/mol. The third-order valence-corrected chi connectivity index (χ3v) is 6.94. The van der Waals surface area contributed by atoms with Crippen LogP contribution >= 0.6 is 0 Å². The van der Waals surface area contributed by atoms with E-state index >= 15 is 0 Å². The first-order valence-corrected chi connectivity index (χ1v) is 10.9. The highest BCUT2D eigenvalue weighted by Gasteiger charge is 2.51. The summed E-state index contributed by atoms with van der Waals surface area (Å²) in [6.07, 6.45) is -4.79. The molecule has 1 aliphatic heterocycles. The topological polar surface area (TPSA) is 64.6 Å². The van der Waals surface area contributed by atoms with Crippen LogP contribution in [0, 0.1) is 5.82 Å². The lowest BCUT2D eigenvalue weighted by atomic mass is 9.79. The summed E-state index contributed by atoms with van der Waals surface area (Å²) in [6.45, 7) is 7.44. The molecule has 0 bridgehead atoms. The second kappa shape index (κ2) is 7.88. The predicted molar refractivity (Wildman–Crippen MR) is 108 cm³/mol. The Hall–Kier alpha value is -1.95. The van der Waals surface area contributed by atoms with E-state index in [2.05, 4.69) is 4.72 Å². The number of rotatable bonds is 5. The summed E-state index contributed by atoms with van der Waals surface area (Å²) >= 11 is 0. The Kier molecular flexibility index (Phi) is 6.03. The molecule has 0 saturated carbocycles. The normalized spacial score (nSPS) is 18.4. The lowest BCUT2D eigenvalue weighted by molar-refractivity contribution is -0.137. The fourth-order valence-corrected chi connectivity index (χ4v) is 4.03. The minimum Gasteiger partial charge on any atom is -0.399 e. The monoisotopic (exact) mass is 459 g/mol. The fourth-order valence-electron chi connectivity index (χ4n) is 2.91. The van der Waals surface area contributed by atoms with E-state index in [1.54, 1.807) is 24.3 Å². The van der Waals surface area contributed by atoms with Gasteiger partial charge >= 0.3 is 13.3 Å². The van der Waals surface area contributed by atoms with E-state index < -0.39 is 50.8 Å². The van der Waals surface area contributed by atoms with Gasteiger partial charge in [0, 0.05) is 6.54 Å². The van der Waals surface area contributed by atoms with E-state index in [-0.39, 0.29) is 12.6 Å². The molecule has 3 rings (SSSR count). The average molecular weight is 459 g/mol. The van der Waals surface area contributed by atoms with Gasteiger partial charge < -0.3 is 9.31 Å². The molecule has 1 heterocycles. The molecule has 0 spiro atoms. The molecule has 1 aliphatic rings. The van der Waals surface area contributed by atoms with Gasteiger partial charge in [-0.2, -0.15) is 13.2 Å². The van der Waals surface area contributed by atoms with E-state index in [0.29, 0.717) is 17.7 Å². The average Bonchev–Trinajstić information content (AvgIpc) is 2.87. The van der Waals surface area contributed by atoms with Crippen molar-refractivity contribution < 1.29 is 35.3 Å². The first-order valence-electron chi connectivity index (χ1n) is 9.43. The molecule has 5 nitrogen and oxygen atoms in total. The number of alkyl halides is 3. The van der Waals surface area contributed by atoms with Crippen LogP contribution in [0.1, 0.15) is 38.8 Å². The van der Waals surface area contributed by atoms with Crippen molar-refractivity contribution in [3.63, 3.8) is 0 Å². The molecule has 0 aromatic heterocycles. The maximum absolute atomic E-state index is 13.9. The van der Waals surface area contributed by atoms with Crippen LogP contribution in [0.5, 0.6) is 0 Å². The number of benzene rings is 2. The van der Waals surface area contributed by atoms with Crippen molar-refractivity contribution in [2.24, 2.45) is 0 Å². The Balaban J connectivity index is 1.72. The van der Waals surface area contributed by atoms with E-state index in [4.69, 9.17) is 9.31 Å². The molecule has 0 radical (unpaired) electrons. The molecular formula is C20H22BF4NO4S. The second-order valence-electron chi connectivity index (χ2n) is 8.30. The minimum absolute atomic E-state index is 0.234. The Labute approximate surface area is 178 Å². The van der Waals surface area contributed by atoms with Gasteiger partial charge in [0.05, 0.1) is 16.8 Å². The highest BCUT2D eigenvalue weighted by Crippen LogP contribution is 2.36. The quantitative estimate of drug-likeness (QED) is 0.548. The van der Waals surface area contributed by atoms with Crippen molar-refractivity contribution in [2.75, 3.05) is 0 Å². The van der Waals surface area contributed by atoms with Crippen molar-refractivity contribution >= 4 is 22.6 Å². The molecule has 11 heteroatoms. The predicted octanol–water partition coefficient (Wildman–Crippen LogP) is 3.62. The number of halogens is 4. The molecule has 1 fully saturated rings. The summed E-state index contributed by atoms with van der Waals surface area (Å²) in [6, 6.07) is 7.92. The van der Waals surface area contributed by atoms with Crippen LogP contribution in [-0.2, 0) is 32.1 Å². The van der Waals surface area contributed by atoms with E-state index in [1.807, 2.05) is 27.7 Å². The number of hydrogen-bond acceptors (Lipinski definition) is 4. The molecule has 168 valence electrons. The number of hydrogen-bond donors (Lipinski definition) is 1. The Morgan fingerprint density at radius 3 is 2.03 bits per heavy atom. The summed E-state index contributed by atoms with van der Waals surface area (Å²) < 4.78 is 91.2. The van der Waals surface area contributed by atoms with Crippen molar-refractivity contribution in [3.05, 3.63) is 59.4 Å². The summed E-state index contributed by atoms with van der Waals surface area (Å²) in [7, 11) is -5.09. The third-order valence-electron chi connectivity index (χ3n) is 5.52. The van der Waals surface area contributed by atoms with E-state index in [9.17, 15) is 26.0 Å². The van der Waals surface area contributed by atoms with Crippen molar-refractivity contribution in [3.8, 4) is 0 Å². The van der Waals surface area contributed by atoms with Gasteiger partial charge in [-0.3, -0.25) is 0 Å². The largest absolute Gasteiger partial charge is 0.494 e. The van der Waals surface area contributed by atoms with Gasteiger partial charge in [0.25, 0.3) is 0 Å². The highest BCUT2D eigenvalue weighted by molar-refractivity contribution is 7.89. The van der Waals surface area contributed by atoms with Gasteiger partial charge in [-0.1, -0.05) is 24.3 Å². The maximum Gasteiger partial charge on any atom is 0.494 e. The molecule has 0 aliphatic carbocycles. The van der Waals surface area contributed by atoms with Crippen LogP contribution in [0.3, 0.4) is 0 Å². The fraction of sp³-hybridized carbons (Fsp3) is 0.400. The summed E-state index contributed by atoms with van der Waals surface area (Å²) in [4.78, 5) is -1.06. The lowest BCUT2D eigenvalue weighted by Crippen LogP contribution is -2.41. The third kappa shape index (κ3) is 4.95. The van der Waals surface area contributed by atoms with Crippen molar-refractivity contribution in [1.29, 1.82) is 0 Å². The lowest BCUT2D eigenvalue weighted by Gasteiger charge is -2.32. The van der Waals surface area contributed by atoms with Gasteiger partial charge in [-0.25, -0.2) is 17.5 Å². The number of nitrogens with one attached hydrogen (secondary N) is 1. The van der Waals surface area contributed by atoms with Crippen LogP contribution in [0.2, 0.25) is 0 Å². The van der Waals surface area contributed by atoms with Crippen LogP contribution in [0.25, 0.3) is 0 Å². The van der Waals surface area contributed by atoms with Crippen LogP contribution < -0.4 is 10.2 Å². The first-order chi connectivity index (χ1) is 14.1. The molecule has 0 atom stereocenters. The first kappa shape index (κ1) is 23.7.